The van der Waals surface area contributed by atoms with E-state index in [2.05, 4.69) is 14.7 Å². The number of hydrogen-bond donors (Lipinski definition) is 1. The highest BCUT2D eigenvalue weighted by atomic mass is 19.4. The number of benzene rings is 1. The molecule has 100 valence electrons. The maximum absolute atomic E-state index is 11.9. The van der Waals surface area contributed by atoms with Crippen LogP contribution in [0.1, 0.15) is 0 Å². The Hall–Kier alpha value is -2.51. The van der Waals surface area contributed by atoms with Crippen molar-refractivity contribution in [1.29, 1.82) is 0 Å². The van der Waals surface area contributed by atoms with Gasteiger partial charge in [-0.1, -0.05) is 0 Å². The van der Waals surface area contributed by atoms with Gasteiger partial charge in [-0.15, -0.1) is 13.2 Å². The molecule has 0 unspecified atom stereocenters. The van der Waals surface area contributed by atoms with Gasteiger partial charge < -0.3 is 15.2 Å². The first kappa shape index (κ1) is 12.9. The lowest BCUT2D eigenvalue weighted by Gasteiger charge is -2.09. The molecule has 0 atom stereocenters. The van der Waals surface area contributed by atoms with Crippen LogP contribution in [0.15, 0.2) is 36.7 Å². The molecule has 1 aromatic carbocycles. The van der Waals surface area contributed by atoms with Crippen LogP contribution in [0.5, 0.6) is 17.5 Å². The van der Waals surface area contributed by atoms with Gasteiger partial charge in [0.05, 0.1) is 18.1 Å². The molecule has 0 radical (unpaired) electrons. The molecule has 2 N–H and O–H groups in total. The minimum absolute atomic E-state index is 0.0405. The summed E-state index contributed by atoms with van der Waals surface area (Å²) < 4.78 is 44.7. The Kier molecular flexibility index (Phi) is 3.41. The van der Waals surface area contributed by atoms with Gasteiger partial charge in [-0.3, -0.25) is 0 Å². The molecule has 8 heteroatoms. The van der Waals surface area contributed by atoms with Gasteiger partial charge >= 0.3 is 12.4 Å². The average Bonchev–Trinajstić information content (AvgIpc) is 2.33. The maximum atomic E-state index is 11.9. The predicted molar refractivity (Wildman–Crippen MR) is 59.6 cm³/mol. The zero-order valence-electron chi connectivity index (χ0n) is 9.39. The molecule has 0 saturated carbocycles. The molecule has 0 bridgehead atoms. The van der Waals surface area contributed by atoms with E-state index in [0.717, 1.165) is 12.1 Å². The number of alkyl halides is 3. The summed E-state index contributed by atoms with van der Waals surface area (Å²) in [4.78, 5) is 7.57. The summed E-state index contributed by atoms with van der Waals surface area (Å²) in [6, 6.07) is 4.90. The highest BCUT2D eigenvalue weighted by Crippen LogP contribution is 2.26. The molecule has 0 aliphatic heterocycles. The second-order valence-electron chi connectivity index (χ2n) is 3.42. The zero-order valence-corrected chi connectivity index (χ0v) is 9.39. The first-order valence-electron chi connectivity index (χ1n) is 5.03. The van der Waals surface area contributed by atoms with Crippen LogP contribution in [0, 0.1) is 0 Å². The highest BCUT2D eigenvalue weighted by Gasteiger charge is 2.30. The summed E-state index contributed by atoms with van der Waals surface area (Å²) >= 11 is 0. The monoisotopic (exact) mass is 271 g/mol. The number of ether oxygens (including phenoxy) is 2. The summed E-state index contributed by atoms with van der Waals surface area (Å²) in [5.74, 6) is -0.0580. The van der Waals surface area contributed by atoms with E-state index in [1.165, 1.54) is 24.5 Å². The molecular formula is C11H8F3N3O2. The Morgan fingerprint density at radius 1 is 0.947 bits per heavy atom. The number of halogens is 3. The summed E-state index contributed by atoms with van der Waals surface area (Å²) in [5.41, 5.74) is 5.77. The lowest BCUT2D eigenvalue weighted by Crippen LogP contribution is -2.16. The standard InChI is InChI=1S/C11H8F3N3O2/c12-11(13,14)19-9-3-1-8(2-4-9)18-10-16-5-7(15)6-17-10/h1-6H,15H2. The molecular weight excluding hydrogens is 263 g/mol. The van der Waals surface area contributed by atoms with E-state index in [4.69, 9.17) is 10.5 Å². The highest BCUT2D eigenvalue weighted by molar-refractivity contribution is 5.34. The molecule has 1 heterocycles. The van der Waals surface area contributed by atoms with E-state index in [1.54, 1.807) is 0 Å². The number of nitrogens with zero attached hydrogens (tertiary/aromatic N) is 2. The number of anilines is 1. The minimum Gasteiger partial charge on any atom is -0.424 e. The van der Waals surface area contributed by atoms with Gasteiger partial charge in [-0.25, -0.2) is 9.97 Å². The van der Waals surface area contributed by atoms with E-state index >= 15 is 0 Å². The van der Waals surface area contributed by atoms with E-state index in [0.29, 0.717) is 5.69 Å². The Labute approximate surface area is 105 Å². The molecule has 0 saturated heterocycles. The fourth-order valence-electron chi connectivity index (χ4n) is 1.19. The van der Waals surface area contributed by atoms with Crippen LogP contribution in [-0.2, 0) is 0 Å². The van der Waals surface area contributed by atoms with Gasteiger partial charge in [-0.2, -0.15) is 0 Å². The van der Waals surface area contributed by atoms with Crippen molar-refractivity contribution in [3.8, 4) is 17.5 Å². The van der Waals surface area contributed by atoms with Gasteiger partial charge in [0.15, 0.2) is 0 Å². The van der Waals surface area contributed by atoms with Gasteiger partial charge in [0.1, 0.15) is 11.5 Å². The third-order valence-corrected chi connectivity index (χ3v) is 1.91. The van der Waals surface area contributed by atoms with Crippen molar-refractivity contribution in [1.82, 2.24) is 9.97 Å². The van der Waals surface area contributed by atoms with Crippen molar-refractivity contribution in [2.45, 2.75) is 6.36 Å². The second kappa shape index (κ2) is 5.01. The molecule has 2 rings (SSSR count). The molecule has 0 amide bonds. The zero-order chi connectivity index (χ0) is 13.9. The van der Waals surface area contributed by atoms with E-state index in [-0.39, 0.29) is 17.5 Å². The third kappa shape index (κ3) is 4.02. The maximum Gasteiger partial charge on any atom is 0.573 e. The van der Waals surface area contributed by atoms with Crippen LogP contribution in [0.2, 0.25) is 0 Å². The Bertz CT molecular complexity index is 541. The molecule has 19 heavy (non-hydrogen) atoms. The largest absolute Gasteiger partial charge is 0.573 e. The van der Waals surface area contributed by atoms with Gasteiger partial charge in [0.2, 0.25) is 0 Å². The second-order valence-corrected chi connectivity index (χ2v) is 3.42. The number of nitrogens with two attached hydrogens (primary N) is 1. The molecule has 0 aliphatic carbocycles. The Morgan fingerprint density at radius 2 is 1.47 bits per heavy atom. The van der Waals surface area contributed by atoms with Crippen molar-refractivity contribution >= 4 is 5.69 Å². The van der Waals surface area contributed by atoms with Crippen LogP contribution in [0.25, 0.3) is 0 Å². The molecule has 2 aromatic rings. The number of aromatic nitrogens is 2. The number of hydrogen-bond acceptors (Lipinski definition) is 5. The average molecular weight is 271 g/mol. The summed E-state index contributed by atoms with van der Waals surface area (Å²) in [6.07, 6.45) is -2.02. The SMILES string of the molecule is Nc1cnc(Oc2ccc(OC(F)(F)F)cc2)nc1. The summed E-state index contributed by atoms with van der Waals surface area (Å²) in [5, 5.41) is 0. The number of nitrogen functional groups attached to an aromatic ring is 1. The van der Waals surface area contributed by atoms with Crippen molar-refractivity contribution < 1.29 is 22.6 Å². The summed E-state index contributed by atoms with van der Waals surface area (Å²) in [6.45, 7) is 0. The van der Waals surface area contributed by atoms with Crippen molar-refractivity contribution in [2.75, 3.05) is 5.73 Å². The lowest BCUT2D eigenvalue weighted by molar-refractivity contribution is -0.274. The van der Waals surface area contributed by atoms with Crippen molar-refractivity contribution in [3.05, 3.63) is 36.7 Å². The minimum atomic E-state index is -4.72. The lowest BCUT2D eigenvalue weighted by atomic mass is 10.3. The topological polar surface area (TPSA) is 70.3 Å². The third-order valence-electron chi connectivity index (χ3n) is 1.91. The molecule has 1 aromatic heterocycles. The van der Waals surface area contributed by atoms with Crippen LogP contribution in [-0.4, -0.2) is 16.3 Å². The van der Waals surface area contributed by atoms with Crippen LogP contribution in [0.4, 0.5) is 18.9 Å². The fraction of sp³-hybridized carbons (Fsp3) is 0.0909. The van der Waals surface area contributed by atoms with Crippen LogP contribution >= 0.6 is 0 Å². The van der Waals surface area contributed by atoms with Crippen LogP contribution < -0.4 is 15.2 Å². The number of rotatable bonds is 3. The van der Waals surface area contributed by atoms with E-state index in [9.17, 15) is 13.2 Å². The van der Waals surface area contributed by atoms with Gasteiger partial charge in [-0.05, 0) is 24.3 Å². The predicted octanol–water partition coefficient (Wildman–Crippen LogP) is 2.75. The van der Waals surface area contributed by atoms with Crippen molar-refractivity contribution in [3.63, 3.8) is 0 Å². The molecule has 5 nitrogen and oxygen atoms in total. The van der Waals surface area contributed by atoms with Gasteiger partial charge in [0, 0.05) is 0 Å². The Morgan fingerprint density at radius 3 is 2.00 bits per heavy atom. The first-order chi connectivity index (χ1) is 8.92. The molecule has 0 spiro atoms. The smallest absolute Gasteiger partial charge is 0.424 e. The fourth-order valence-corrected chi connectivity index (χ4v) is 1.19. The van der Waals surface area contributed by atoms with Crippen molar-refractivity contribution in [2.24, 2.45) is 0 Å². The summed E-state index contributed by atoms with van der Waals surface area (Å²) in [7, 11) is 0. The first-order valence-corrected chi connectivity index (χ1v) is 5.03. The van der Waals surface area contributed by atoms with E-state index < -0.39 is 6.36 Å². The normalized spacial score (nSPS) is 11.1. The molecule has 0 fully saturated rings. The molecule has 0 aliphatic rings. The van der Waals surface area contributed by atoms with Gasteiger partial charge in [0.25, 0.3) is 0 Å². The Balaban J connectivity index is 2.04. The quantitative estimate of drug-likeness (QED) is 0.929. The van der Waals surface area contributed by atoms with Crippen LogP contribution in [0.3, 0.4) is 0 Å². The van der Waals surface area contributed by atoms with E-state index in [1.807, 2.05) is 0 Å².